The van der Waals surface area contributed by atoms with E-state index in [1.165, 1.54) is 6.26 Å². The van der Waals surface area contributed by atoms with Crippen molar-refractivity contribution < 1.29 is 14.1 Å². The van der Waals surface area contributed by atoms with Crippen LogP contribution in [0, 0.1) is 0 Å². The molecule has 4 nitrogen and oxygen atoms in total. The van der Waals surface area contributed by atoms with Crippen LogP contribution in [0.1, 0.15) is 0 Å². The van der Waals surface area contributed by atoms with E-state index in [9.17, 15) is 9.00 Å². The first kappa shape index (κ1) is 7.42. The van der Waals surface area contributed by atoms with Gasteiger partial charge in [-0.1, -0.05) is 0 Å². The fourth-order valence-corrected chi connectivity index (χ4v) is 0.438. The Hall–Kier alpha value is -0.580. The van der Waals surface area contributed by atoms with E-state index in [1.807, 2.05) is 0 Å². The maximum absolute atomic E-state index is 10.0. The van der Waals surface area contributed by atoms with Gasteiger partial charge in [0.15, 0.2) is 0 Å². The Morgan fingerprint density at radius 2 is 2.38 bits per heavy atom. The van der Waals surface area contributed by atoms with Crippen LogP contribution in [-0.2, 0) is 19.6 Å². The first-order valence-corrected chi connectivity index (χ1v) is 3.37. The molecule has 0 atom stereocenters. The number of aliphatic carboxylic acids is 1. The molecule has 8 heavy (non-hydrogen) atoms. The Kier molecular flexibility index (Phi) is 3.18. The van der Waals surface area contributed by atoms with Crippen molar-refractivity contribution in [1.29, 1.82) is 0 Å². The summed E-state index contributed by atoms with van der Waals surface area (Å²) < 4.78 is 13.2. The Balaban J connectivity index is 3.62. The zero-order valence-corrected chi connectivity index (χ0v) is 5.14. The molecule has 0 aliphatic heterocycles. The van der Waals surface area contributed by atoms with Crippen molar-refractivity contribution in [1.82, 2.24) is 0 Å². The van der Waals surface area contributed by atoms with E-state index in [-0.39, 0.29) is 6.54 Å². The molecule has 0 spiro atoms. The summed E-state index contributed by atoms with van der Waals surface area (Å²) >= 11 is 0. The number of carboxylic acids is 1. The molecule has 0 saturated carbocycles. The lowest BCUT2D eigenvalue weighted by atomic mass is 10.7. The van der Waals surface area contributed by atoms with Crippen molar-refractivity contribution in [2.75, 3.05) is 12.8 Å². The van der Waals surface area contributed by atoms with Gasteiger partial charge in [0.25, 0.3) is 0 Å². The van der Waals surface area contributed by atoms with Gasteiger partial charge < -0.3 is 13.7 Å². The third kappa shape index (κ3) is 5.42. The predicted octanol–water partition coefficient (Wildman–Crippen LogP) is -0.152. The van der Waals surface area contributed by atoms with Gasteiger partial charge in [-0.15, -0.1) is 6.26 Å². The number of nitrogens with zero attached hydrogens (tertiary/aromatic N) is 1. The van der Waals surface area contributed by atoms with Crippen LogP contribution in [-0.4, -0.2) is 23.9 Å². The highest BCUT2D eigenvalue weighted by Gasteiger charge is 1.84. The fourth-order valence-electron chi connectivity index (χ4n) is 0.146. The monoisotopic (exact) mass is 136 g/mol. The second kappa shape index (κ2) is 3.43. The summed E-state index contributed by atoms with van der Waals surface area (Å²) in [6.07, 6.45) is 1.32. The molecule has 0 radical (unpaired) electrons. The lowest BCUT2D eigenvalue weighted by molar-refractivity contribution is -0.135. The third-order valence-corrected chi connectivity index (χ3v) is 0.874. The Labute approximate surface area is 48.7 Å². The Morgan fingerprint density at radius 3 is 2.50 bits per heavy atom. The van der Waals surface area contributed by atoms with E-state index in [4.69, 9.17) is 5.11 Å². The molecule has 0 rings (SSSR count). The standard InChI is InChI=1S/C3H6NO3S/c1-8(7)4-2-3(5)6/h2H2,1H3,(H,5,6)/q-1. The van der Waals surface area contributed by atoms with Crippen LogP contribution in [0.5, 0.6) is 0 Å². The highest BCUT2D eigenvalue weighted by atomic mass is 32.2. The van der Waals surface area contributed by atoms with E-state index in [1.54, 1.807) is 0 Å². The minimum atomic E-state index is -1.34. The fraction of sp³-hybridized carbons (Fsp3) is 0.667. The third-order valence-electron chi connectivity index (χ3n) is 0.382. The summed E-state index contributed by atoms with van der Waals surface area (Å²) in [6, 6.07) is 0. The lowest BCUT2D eigenvalue weighted by Crippen LogP contribution is -1.98. The molecule has 0 heterocycles. The van der Waals surface area contributed by atoms with Crippen molar-refractivity contribution in [3.05, 3.63) is 0 Å². The Bertz CT molecular complexity index is 158. The predicted molar refractivity (Wildman–Crippen MR) is 28.9 cm³/mol. The quantitative estimate of drug-likeness (QED) is 0.537. The van der Waals surface area contributed by atoms with E-state index < -0.39 is 16.6 Å². The molecule has 1 N–H and O–H groups in total. The molecule has 0 aromatic carbocycles. The van der Waals surface area contributed by atoms with Gasteiger partial charge in [-0.2, -0.15) is 10.6 Å². The summed E-state index contributed by atoms with van der Waals surface area (Å²) in [5.74, 6) is -1.06. The zero-order chi connectivity index (χ0) is 6.57. The van der Waals surface area contributed by atoms with Crippen LogP contribution in [0.4, 0.5) is 0 Å². The minimum Gasteiger partial charge on any atom is -0.480 e. The van der Waals surface area contributed by atoms with E-state index in [0.29, 0.717) is 0 Å². The van der Waals surface area contributed by atoms with Crippen molar-refractivity contribution >= 4 is 16.6 Å². The van der Waals surface area contributed by atoms with Crippen LogP contribution < -0.4 is 0 Å². The van der Waals surface area contributed by atoms with E-state index in [2.05, 4.69) is 4.36 Å². The smallest absolute Gasteiger partial charge is 0.322 e. The molecule has 0 bridgehead atoms. The summed E-state index contributed by atoms with van der Waals surface area (Å²) in [5, 5.41) is 7.93. The summed E-state index contributed by atoms with van der Waals surface area (Å²) in [4.78, 5) is 9.68. The molecule has 0 aromatic heterocycles. The van der Waals surface area contributed by atoms with Gasteiger partial charge in [0, 0.05) is 0 Å². The molecule has 0 unspecified atom stereocenters. The molecular weight excluding hydrogens is 130 g/mol. The molecule has 0 aliphatic carbocycles. The van der Waals surface area contributed by atoms with Gasteiger partial charge in [0.1, 0.15) is 6.54 Å². The first-order chi connectivity index (χ1) is 3.63. The highest BCUT2D eigenvalue weighted by molar-refractivity contribution is 7.74. The molecule has 48 valence electrons. The van der Waals surface area contributed by atoms with Crippen LogP contribution in [0.15, 0.2) is 4.36 Å². The SMILES string of the molecule is C[S-](=O)=NCC(=O)O. The topological polar surface area (TPSA) is 66.7 Å². The number of carboxylic acid groups (broad SMARTS) is 1. The maximum Gasteiger partial charge on any atom is 0.322 e. The molecule has 0 saturated heterocycles. The average molecular weight is 136 g/mol. The molecular formula is C3H6NO3S-. The maximum atomic E-state index is 10.0. The van der Waals surface area contributed by atoms with Crippen LogP contribution in [0.25, 0.3) is 0 Å². The highest BCUT2D eigenvalue weighted by Crippen LogP contribution is 1.70. The average Bonchev–Trinajstić information content (AvgIpc) is 1.61. The number of hydrogen-bond donors (Lipinski definition) is 1. The van der Waals surface area contributed by atoms with Gasteiger partial charge in [-0.05, 0) is 0 Å². The second-order valence-electron chi connectivity index (χ2n) is 1.10. The molecule has 0 amide bonds. The normalized spacial score (nSPS) is 13.6. The van der Waals surface area contributed by atoms with Gasteiger partial charge in [-0.25, -0.2) is 0 Å². The van der Waals surface area contributed by atoms with Gasteiger partial charge >= 0.3 is 5.97 Å². The summed E-state index contributed by atoms with van der Waals surface area (Å²) in [5.41, 5.74) is 0. The largest absolute Gasteiger partial charge is 0.480 e. The van der Waals surface area contributed by atoms with Crippen molar-refractivity contribution in [3.63, 3.8) is 0 Å². The van der Waals surface area contributed by atoms with Crippen molar-refractivity contribution in [2.45, 2.75) is 0 Å². The number of rotatable bonds is 2. The number of hydrogen-bond acceptors (Lipinski definition) is 4. The second-order valence-corrected chi connectivity index (χ2v) is 2.21. The number of carbonyl (C=O) groups is 1. The van der Waals surface area contributed by atoms with Crippen LogP contribution >= 0.6 is 0 Å². The van der Waals surface area contributed by atoms with Crippen molar-refractivity contribution in [2.24, 2.45) is 4.36 Å². The molecule has 0 aliphatic rings. The van der Waals surface area contributed by atoms with Gasteiger partial charge in [0.2, 0.25) is 0 Å². The summed E-state index contributed by atoms with van der Waals surface area (Å²) in [6.45, 7) is -0.372. The molecule has 0 aromatic rings. The summed E-state index contributed by atoms with van der Waals surface area (Å²) in [7, 11) is -1.34. The van der Waals surface area contributed by atoms with E-state index in [0.717, 1.165) is 0 Å². The minimum absolute atomic E-state index is 0.372. The molecule has 0 fully saturated rings. The van der Waals surface area contributed by atoms with Gasteiger partial charge in [-0.3, -0.25) is 4.79 Å². The zero-order valence-electron chi connectivity index (χ0n) is 4.33. The first-order valence-electron chi connectivity index (χ1n) is 1.86. The van der Waals surface area contributed by atoms with Crippen molar-refractivity contribution in [3.8, 4) is 0 Å². The Morgan fingerprint density at radius 1 is 1.88 bits per heavy atom. The van der Waals surface area contributed by atoms with Crippen LogP contribution in [0.2, 0.25) is 0 Å². The molecule has 5 heteroatoms. The lowest BCUT2D eigenvalue weighted by Gasteiger charge is -1.89. The van der Waals surface area contributed by atoms with Crippen LogP contribution in [0.3, 0.4) is 0 Å². The van der Waals surface area contributed by atoms with E-state index >= 15 is 0 Å². The van der Waals surface area contributed by atoms with Gasteiger partial charge in [0.05, 0.1) is 0 Å².